The lowest BCUT2D eigenvalue weighted by Gasteiger charge is -2.42. The van der Waals surface area contributed by atoms with Crippen molar-refractivity contribution in [3.63, 3.8) is 0 Å². The van der Waals surface area contributed by atoms with E-state index in [0.29, 0.717) is 0 Å². The van der Waals surface area contributed by atoms with E-state index in [2.05, 4.69) is 43.0 Å². The van der Waals surface area contributed by atoms with E-state index in [9.17, 15) is 0 Å². The molecule has 1 heterocycles. The van der Waals surface area contributed by atoms with Gasteiger partial charge < -0.3 is 9.47 Å². The van der Waals surface area contributed by atoms with Crippen LogP contribution in [0.2, 0.25) is 0 Å². The fourth-order valence-corrected chi connectivity index (χ4v) is 3.24. The standard InChI is InChI=1S/C16H20O2.C2H3N/c1-2-15(14-6-4-3-5-7-14)8-10-16(11-9-15)17-12-13-18-16;1-2-3/h2-7H,1,8-13H2;1H3. The molecule has 0 amide bonds. The number of rotatable bonds is 2. The quantitative estimate of drug-likeness (QED) is 0.772. The average molecular weight is 285 g/mol. The number of hydrogen-bond donors (Lipinski definition) is 0. The van der Waals surface area contributed by atoms with E-state index in [0.717, 1.165) is 38.9 Å². The maximum absolute atomic E-state index is 7.32. The van der Waals surface area contributed by atoms with Crippen LogP contribution in [0.15, 0.2) is 43.0 Å². The van der Waals surface area contributed by atoms with Gasteiger partial charge in [-0.1, -0.05) is 36.4 Å². The van der Waals surface area contributed by atoms with Crippen LogP contribution in [-0.2, 0) is 14.9 Å². The van der Waals surface area contributed by atoms with Crippen LogP contribution in [0.4, 0.5) is 0 Å². The van der Waals surface area contributed by atoms with Crippen molar-refractivity contribution in [1.82, 2.24) is 0 Å². The summed E-state index contributed by atoms with van der Waals surface area (Å²) in [6.45, 7) is 6.98. The van der Waals surface area contributed by atoms with Crippen LogP contribution < -0.4 is 0 Å². The molecule has 1 saturated heterocycles. The van der Waals surface area contributed by atoms with E-state index in [1.54, 1.807) is 6.07 Å². The Hall–Kier alpha value is -1.63. The minimum absolute atomic E-state index is 0.0990. The molecule has 2 fully saturated rings. The molecule has 1 aliphatic heterocycles. The Labute approximate surface area is 127 Å². The Morgan fingerprint density at radius 3 is 2.10 bits per heavy atom. The summed E-state index contributed by atoms with van der Waals surface area (Å²) in [6.07, 6.45) is 6.16. The largest absolute Gasteiger partial charge is 0.348 e. The number of nitriles is 1. The number of hydrogen-bond acceptors (Lipinski definition) is 3. The predicted octanol–water partition coefficient (Wildman–Crippen LogP) is 3.96. The third-order valence-corrected chi connectivity index (χ3v) is 4.46. The summed E-state index contributed by atoms with van der Waals surface area (Å²) in [5, 5.41) is 7.32. The summed E-state index contributed by atoms with van der Waals surface area (Å²) in [5.41, 5.74) is 1.47. The zero-order chi connectivity index (χ0) is 15.2. The smallest absolute Gasteiger partial charge is 0.168 e. The molecule has 0 atom stereocenters. The molecule has 0 bridgehead atoms. The van der Waals surface area contributed by atoms with Gasteiger partial charge in [0, 0.05) is 25.2 Å². The first kappa shape index (κ1) is 15.8. The lowest BCUT2D eigenvalue weighted by molar-refractivity contribution is -0.182. The van der Waals surface area contributed by atoms with Crippen molar-refractivity contribution in [3.8, 4) is 6.07 Å². The van der Waals surface area contributed by atoms with Crippen LogP contribution in [0.1, 0.15) is 38.2 Å². The Morgan fingerprint density at radius 1 is 1.10 bits per heavy atom. The molecule has 3 nitrogen and oxygen atoms in total. The number of allylic oxidation sites excluding steroid dienone is 1. The monoisotopic (exact) mass is 285 g/mol. The van der Waals surface area contributed by atoms with Gasteiger partial charge in [-0.15, -0.1) is 6.58 Å². The van der Waals surface area contributed by atoms with Crippen molar-refractivity contribution in [1.29, 1.82) is 5.26 Å². The topological polar surface area (TPSA) is 42.2 Å². The van der Waals surface area contributed by atoms with Gasteiger partial charge in [0.2, 0.25) is 0 Å². The first-order chi connectivity index (χ1) is 10.2. The molecule has 0 N–H and O–H groups in total. The van der Waals surface area contributed by atoms with Gasteiger partial charge in [0.1, 0.15) is 0 Å². The van der Waals surface area contributed by atoms with Crippen molar-refractivity contribution in [2.45, 2.75) is 43.8 Å². The molecule has 0 unspecified atom stereocenters. The molecule has 1 saturated carbocycles. The molecule has 112 valence electrons. The van der Waals surface area contributed by atoms with Crippen LogP contribution in [0, 0.1) is 11.3 Å². The van der Waals surface area contributed by atoms with E-state index in [1.807, 2.05) is 0 Å². The molecule has 1 spiro atoms. The van der Waals surface area contributed by atoms with E-state index in [1.165, 1.54) is 12.5 Å². The number of ether oxygens (including phenoxy) is 2. The minimum atomic E-state index is -0.290. The minimum Gasteiger partial charge on any atom is -0.348 e. The molecule has 2 aliphatic rings. The highest BCUT2D eigenvalue weighted by Crippen LogP contribution is 2.46. The van der Waals surface area contributed by atoms with Gasteiger partial charge in [-0.05, 0) is 18.4 Å². The summed E-state index contributed by atoms with van der Waals surface area (Å²) in [6, 6.07) is 12.4. The summed E-state index contributed by atoms with van der Waals surface area (Å²) in [4.78, 5) is 0. The van der Waals surface area contributed by atoms with Gasteiger partial charge in [0.25, 0.3) is 0 Å². The van der Waals surface area contributed by atoms with Gasteiger partial charge in [-0.3, -0.25) is 0 Å². The fourth-order valence-electron chi connectivity index (χ4n) is 3.24. The Balaban J connectivity index is 0.000000497. The van der Waals surface area contributed by atoms with Gasteiger partial charge in [-0.2, -0.15) is 5.26 Å². The Bertz CT molecular complexity index is 488. The van der Waals surface area contributed by atoms with Crippen molar-refractivity contribution in [3.05, 3.63) is 48.6 Å². The van der Waals surface area contributed by atoms with Crippen LogP contribution >= 0.6 is 0 Å². The van der Waals surface area contributed by atoms with Crippen molar-refractivity contribution in [2.24, 2.45) is 0 Å². The maximum atomic E-state index is 7.32. The van der Waals surface area contributed by atoms with Gasteiger partial charge in [0.05, 0.1) is 19.3 Å². The highest BCUT2D eigenvalue weighted by molar-refractivity contribution is 5.31. The molecule has 0 aromatic heterocycles. The van der Waals surface area contributed by atoms with Gasteiger partial charge >= 0.3 is 0 Å². The van der Waals surface area contributed by atoms with Crippen LogP contribution in [-0.4, -0.2) is 19.0 Å². The second-order valence-corrected chi connectivity index (χ2v) is 5.56. The highest BCUT2D eigenvalue weighted by Gasteiger charge is 2.45. The second kappa shape index (κ2) is 6.89. The summed E-state index contributed by atoms with van der Waals surface area (Å²) in [7, 11) is 0. The van der Waals surface area contributed by atoms with Gasteiger partial charge in [-0.25, -0.2) is 0 Å². The van der Waals surface area contributed by atoms with Crippen molar-refractivity contribution in [2.75, 3.05) is 13.2 Å². The third-order valence-electron chi connectivity index (χ3n) is 4.46. The molecule has 1 aliphatic carbocycles. The fraction of sp³-hybridized carbons (Fsp3) is 0.500. The molecule has 1 aromatic rings. The lowest BCUT2D eigenvalue weighted by Crippen LogP contribution is -2.41. The summed E-state index contributed by atoms with van der Waals surface area (Å²) in [5.74, 6) is -0.290. The maximum Gasteiger partial charge on any atom is 0.168 e. The molecule has 0 radical (unpaired) electrons. The summed E-state index contributed by atoms with van der Waals surface area (Å²) < 4.78 is 11.6. The Morgan fingerprint density at radius 2 is 1.62 bits per heavy atom. The average Bonchev–Trinajstić information content (AvgIpc) is 2.99. The summed E-state index contributed by atoms with van der Waals surface area (Å²) >= 11 is 0. The molecule has 21 heavy (non-hydrogen) atoms. The number of benzene rings is 1. The second-order valence-electron chi connectivity index (χ2n) is 5.56. The van der Waals surface area contributed by atoms with E-state index in [4.69, 9.17) is 14.7 Å². The zero-order valence-electron chi connectivity index (χ0n) is 12.7. The first-order valence-corrected chi connectivity index (χ1v) is 7.48. The van der Waals surface area contributed by atoms with Crippen molar-refractivity contribution >= 4 is 0 Å². The van der Waals surface area contributed by atoms with E-state index in [-0.39, 0.29) is 11.2 Å². The normalized spacial score (nSPS) is 21.9. The van der Waals surface area contributed by atoms with Crippen LogP contribution in [0.3, 0.4) is 0 Å². The molecular weight excluding hydrogens is 262 g/mol. The van der Waals surface area contributed by atoms with Crippen molar-refractivity contribution < 1.29 is 9.47 Å². The zero-order valence-corrected chi connectivity index (χ0v) is 12.7. The molecule has 1 aromatic carbocycles. The molecular formula is C18H23NO2. The predicted molar refractivity (Wildman–Crippen MR) is 82.7 cm³/mol. The molecule has 3 rings (SSSR count). The van der Waals surface area contributed by atoms with E-state index < -0.39 is 0 Å². The van der Waals surface area contributed by atoms with Gasteiger partial charge in [0.15, 0.2) is 5.79 Å². The molecule has 3 heteroatoms. The highest BCUT2D eigenvalue weighted by atomic mass is 16.7. The SMILES string of the molecule is C=CC1(c2ccccc2)CCC2(CC1)OCCO2.CC#N. The Kier molecular flexibility index (Phi) is 5.17. The number of nitrogens with zero attached hydrogens (tertiary/aromatic N) is 1. The lowest BCUT2D eigenvalue weighted by atomic mass is 9.68. The first-order valence-electron chi connectivity index (χ1n) is 7.48. The van der Waals surface area contributed by atoms with Crippen LogP contribution in [0.5, 0.6) is 0 Å². The third kappa shape index (κ3) is 3.34. The van der Waals surface area contributed by atoms with Crippen LogP contribution in [0.25, 0.3) is 0 Å². The van der Waals surface area contributed by atoms with E-state index >= 15 is 0 Å².